The molecule has 6 aliphatic rings. The first-order valence-electron chi connectivity index (χ1n) is 13.7. The molecule has 190 valence electrons. The smallest absolute Gasteiger partial charge is 0.229 e. The zero-order chi connectivity index (χ0) is 26.0. The second-order valence-corrected chi connectivity index (χ2v) is 11.3. The van der Waals surface area contributed by atoms with E-state index in [1.807, 2.05) is 60.7 Å². The standard InChI is InChI=1S/C35H20O5/c1-2-12-22-21(11-1)31-23-13-3-4-14-24(23)33(37-31)27-17-7-8-18-28(27)35(39-33)30-20-10-9-19-29(30)34(40-35)26-16-6-5-15-25(26)32(22,36-31)38-34/h1-20H. The summed E-state index contributed by atoms with van der Waals surface area (Å²) in [6.45, 7) is 0. The van der Waals surface area contributed by atoms with E-state index in [1.165, 1.54) is 0 Å². The van der Waals surface area contributed by atoms with Crippen LogP contribution >= 0.6 is 0 Å². The first-order chi connectivity index (χ1) is 19.7. The highest BCUT2D eigenvalue weighted by atomic mass is 16.9. The lowest BCUT2D eigenvalue weighted by Gasteiger charge is -2.38. The molecular formula is C35H20O5. The van der Waals surface area contributed by atoms with E-state index < -0.39 is 28.9 Å². The van der Waals surface area contributed by atoms with Gasteiger partial charge in [-0.3, -0.25) is 0 Å². The number of ether oxygens (including phenoxy) is 5. The third-order valence-corrected chi connectivity index (χ3v) is 9.62. The fraction of sp³-hybridized carbons (Fsp3) is 0.143. The molecule has 0 saturated heterocycles. The number of hydrogen-bond acceptors (Lipinski definition) is 5. The summed E-state index contributed by atoms with van der Waals surface area (Å²) < 4.78 is 36.7. The van der Waals surface area contributed by atoms with E-state index in [1.54, 1.807) is 0 Å². The average molecular weight is 521 g/mol. The molecule has 11 rings (SSSR count). The Kier molecular flexibility index (Phi) is 3.18. The highest BCUT2D eigenvalue weighted by Crippen LogP contribution is 2.74. The van der Waals surface area contributed by atoms with Crippen molar-refractivity contribution in [1.82, 2.24) is 0 Å². The molecule has 0 atom stereocenters. The first-order valence-corrected chi connectivity index (χ1v) is 13.7. The molecule has 5 bridgehead atoms. The van der Waals surface area contributed by atoms with Crippen LogP contribution in [0.4, 0.5) is 0 Å². The van der Waals surface area contributed by atoms with Gasteiger partial charge in [0.25, 0.3) is 0 Å². The Hall–Kier alpha value is -4.10. The Morgan fingerprint density at radius 2 is 0.350 bits per heavy atom. The summed E-state index contributed by atoms with van der Waals surface area (Å²) >= 11 is 0. The molecule has 0 saturated carbocycles. The fourth-order valence-electron chi connectivity index (χ4n) is 8.23. The summed E-state index contributed by atoms with van der Waals surface area (Å²) in [5.74, 6) is -6.35. The van der Waals surface area contributed by atoms with E-state index in [9.17, 15) is 0 Å². The predicted octanol–water partition coefficient (Wildman–Crippen LogP) is 6.16. The minimum absolute atomic E-state index is 0.902. The van der Waals surface area contributed by atoms with Gasteiger partial charge >= 0.3 is 0 Å². The van der Waals surface area contributed by atoms with Gasteiger partial charge in [-0.1, -0.05) is 121 Å². The van der Waals surface area contributed by atoms with Gasteiger partial charge < -0.3 is 23.7 Å². The first kappa shape index (κ1) is 20.8. The van der Waals surface area contributed by atoms with E-state index in [2.05, 4.69) is 60.7 Å². The monoisotopic (exact) mass is 520 g/mol. The zero-order valence-corrected chi connectivity index (χ0v) is 21.1. The van der Waals surface area contributed by atoms with Crippen LogP contribution in [-0.4, -0.2) is 0 Å². The largest absolute Gasteiger partial charge is 0.301 e. The third-order valence-electron chi connectivity index (χ3n) is 9.62. The van der Waals surface area contributed by atoms with Gasteiger partial charge in [-0.15, -0.1) is 0 Å². The van der Waals surface area contributed by atoms with Crippen LogP contribution in [0.1, 0.15) is 55.6 Å². The maximum Gasteiger partial charge on any atom is 0.229 e. The van der Waals surface area contributed by atoms with Crippen molar-refractivity contribution in [2.24, 2.45) is 0 Å². The van der Waals surface area contributed by atoms with Crippen molar-refractivity contribution in [3.8, 4) is 0 Å². The quantitative estimate of drug-likeness (QED) is 0.245. The Morgan fingerprint density at radius 3 is 0.475 bits per heavy atom. The Morgan fingerprint density at radius 1 is 0.225 bits per heavy atom. The van der Waals surface area contributed by atoms with Crippen molar-refractivity contribution in [1.29, 1.82) is 0 Å². The average Bonchev–Trinajstić information content (AvgIpc) is 3.72. The molecule has 0 amide bonds. The molecule has 5 aliphatic heterocycles. The van der Waals surface area contributed by atoms with Gasteiger partial charge in [0.2, 0.25) is 28.9 Å². The molecule has 0 N–H and O–H groups in total. The number of rotatable bonds is 0. The van der Waals surface area contributed by atoms with Crippen molar-refractivity contribution in [3.63, 3.8) is 0 Å². The lowest BCUT2D eigenvalue weighted by atomic mass is 9.88. The molecule has 5 spiro atoms. The molecule has 40 heavy (non-hydrogen) atoms. The molecule has 0 aromatic heterocycles. The van der Waals surface area contributed by atoms with Crippen LogP contribution in [0.15, 0.2) is 121 Å². The minimum Gasteiger partial charge on any atom is -0.301 e. The van der Waals surface area contributed by atoms with Crippen LogP contribution in [0.5, 0.6) is 0 Å². The SMILES string of the molecule is c1ccc2c(c1)C13OC24OC2(OC5(OC(O1)(c1ccccc13)c1ccccc15)c1ccccc12)c1ccccc14. The topological polar surface area (TPSA) is 46.2 Å². The Balaban J connectivity index is 1.40. The summed E-state index contributed by atoms with van der Waals surface area (Å²) in [6.07, 6.45) is 0. The van der Waals surface area contributed by atoms with Gasteiger partial charge in [-0.25, -0.2) is 0 Å². The molecule has 5 aromatic rings. The molecule has 0 radical (unpaired) electrons. The zero-order valence-electron chi connectivity index (χ0n) is 21.1. The molecule has 5 aromatic carbocycles. The molecule has 5 heterocycles. The van der Waals surface area contributed by atoms with Gasteiger partial charge in [0.1, 0.15) is 0 Å². The van der Waals surface area contributed by atoms with Crippen LogP contribution < -0.4 is 0 Å². The van der Waals surface area contributed by atoms with Gasteiger partial charge in [-0.05, 0) is 0 Å². The molecule has 1 aliphatic carbocycles. The summed E-state index contributed by atoms with van der Waals surface area (Å²) in [4.78, 5) is 0. The van der Waals surface area contributed by atoms with E-state index in [4.69, 9.17) is 23.7 Å². The van der Waals surface area contributed by atoms with E-state index in [0.29, 0.717) is 0 Å². The number of hydrogen-bond donors (Lipinski definition) is 0. The summed E-state index contributed by atoms with van der Waals surface area (Å²) in [7, 11) is 0. The molecule has 5 nitrogen and oxygen atoms in total. The summed E-state index contributed by atoms with van der Waals surface area (Å²) in [5, 5.41) is 0. The molecular weight excluding hydrogens is 500 g/mol. The second kappa shape index (κ2) is 6.13. The molecule has 5 heteroatoms. The van der Waals surface area contributed by atoms with Gasteiger partial charge in [0, 0.05) is 55.6 Å². The van der Waals surface area contributed by atoms with E-state index in [-0.39, 0.29) is 0 Å². The second-order valence-electron chi connectivity index (χ2n) is 11.3. The maximum absolute atomic E-state index is 7.33. The summed E-state index contributed by atoms with van der Waals surface area (Å²) in [5.41, 5.74) is 9.02. The van der Waals surface area contributed by atoms with Gasteiger partial charge in [0.05, 0.1) is 0 Å². The van der Waals surface area contributed by atoms with E-state index >= 15 is 0 Å². The normalized spacial score (nSPS) is 35.5. The summed E-state index contributed by atoms with van der Waals surface area (Å²) in [6, 6.07) is 41.1. The van der Waals surface area contributed by atoms with Crippen molar-refractivity contribution < 1.29 is 23.7 Å². The lowest BCUT2D eigenvalue weighted by Crippen LogP contribution is -2.43. The maximum atomic E-state index is 7.33. The van der Waals surface area contributed by atoms with Crippen LogP contribution in [-0.2, 0) is 52.6 Å². The fourth-order valence-corrected chi connectivity index (χ4v) is 8.23. The predicted molar refractivity (Wildman–Crippen MR) is 142 cm³/mol. The van der Waals surface area contributed by atoms with Gasteiger partial charge in [-0.2, -0.15) is 0 Å². The van der Waals surface area contributed by atoms with Gasteiger partial charge in [0.15, 0.2) is 0 Å². The minimum atomic E-state index is -1.27. The van der Waals surface area contributed by atoms with Crippen LogP contribution in [0.3, 0.4) is 0 Å². The Labute approximate surface area is 229 Å². The van der Waals surface area contributed by atoms with E-state index in [0.717, 1.165) is 55.6 Å². The van der Waals surface area contributed by atoms with Crippen molar-refractivity contribution in [3.05, 3.63) is 177 Å². The van der Waals surface area contributed by atoms with Crippen LogP contribution in [0.25, 0.3) is 0 Å². The van der Waals surface area contributed by atoms with Crippen LogP contribution in [0.2, 0.25) is 0 Å². The highest BCUT2D eigenvalue weighted by molar-refractivity contribution is 5.65. The third kappa shape index (κ3) is 1.85. The van der Waals surface area contributed by atoms with Crippen molar-refractivity contribution in [2.45, 2.75) is 28.9 Å². The number of benzene rings is 5. The highest BCUT2D eigenvalue weighted by Gasteiger charge is 2.78. The van der Waals surface area contributed by atoms with Crippen LogP contribution in [0, 0.1) is 0 Å². The van der Waals surface area contributed by atoms with Crippen molar-refractivity contribution >= 4 is 0 Å². The lowest BCUT2D eigenvalue weighted by molar-refractivity contribution is -0.454. The van der Waals surface area contributed by atoms with Crippen molar-refractivity contribution in [2.75, 3.05) is 0 Å². The molecule has 0 unspecified atom stereocenters. The molecule has 0 fully saturated rings. The Bertz CT molecular complexity index is 1520.